The van der Waals surface area contributed by atoms with Crippen LogP contribution in [0.5, 0.6) is 0 Å². The molecule has 1 aliphatic rings. The summed E-state index contributed by atoms with van der Waals surface area (Å²) >= 11 is 0. The van der Waals surface area contributed by atoms with Crippen LogP contribution in [0.25, 0.3) is 11.1 Å². The average molecular weight is 295 g/mol. The normalized spacial score (nSPS) is 22.1. The highest BCUT2D eigenvalue weighted by atomic mass is 32.2. The molecule has 1 fully saturated rings. The lowest BCUT2D eigenvalue weighted by Gasteiger charge is -2.29. The van der Waals surface area contributed by atoms with E-state index in [-0.39, 0.29) is 11.3 Å². The second-order valence-corrected chi connectivity index (χ2v) is 6.35. The van der Waals surface area contributed by atoms with Crippen molar-refractivity contribution < 1.29 is 13.4 Å². The van der Waals surface area contributed by atoms with Crippen LogP contribution in [-0.2, 0) is 15.5 Å². The number of rotatable bonds is 3. The van der Waals surface area contributed by atoms with Gasteiger partial charge in [-0.2, -0.15) is 0 Å². The van der Waals surface area contributed by atoms with E-state index in [2.05, 4.69) is 9.88 Å². The minimum atomic E-state index is -1.31. The van der Waals surface area contributed by atoms with Crippen molar-refractivity contribution in [2.75, 3.05) is 38.2 Å². The molecule has 2 atom stereocenters. The second-order valence-electron chi connectivity index (χ2n) is 4.97. The fourth-order valence-corrected chi connectivity index (χ4v) is 3.29. The van der Waals surface area contributed by atoms with E-state index in [0.29, 0.717) is 29.1 Å². The second kappa shape index (κ2) is 5.51. The summed E-state index contributed by atoms with van der Waals surface area (Å²) < 4.78 is 23.4. The number of oxazole rings is 1. The van der Waals surface area contributed by atoms with E-state index in [0.717, 1.165) is 13.1 Å². The topological polar surface area (TPSA) is 81.6 Å². The molecular formula is C13H17N3O3S. The smallest absolute Gasteiger partial charge is 0.288 e. The van der Waals surface area contributed by atoms with Crippen LogP contribution in [0.15, 0.2) is 27.8 Å². The van der Waals surface area contributed by atoms with Gasteiger partial charge in [0.2, 0.25) is 0 Å². The van der Waals surface area contributed by atoms with Crippen LogP contribution in [-0.4, -0.2) is 52.7 Å². The molecule has 2 aromatic rings. The number of aromatic nitrogens is 1. The first-order valence-electron chi connectivity index (χ1n) is 6.46. The molecule has 1 aromatic heterocycles. The van der Waals surface area contributed by atoms with Crippen molar-refractivity contribution in [1.29, 1.82) is 0 Å². The summed E-state index contributed by atoms with van der Waals surface area (Å²) in [6.07, 6.45) is -0.0466. The Kier molecular flexibility index (Phi) is 3.73. The van der Waals surface area contributed by atoms with Gasteiger partial charge < -0.3 is 19.8 Å². The summed E-state index contributed by atoms with van der Waals surface area (Å²) in [5.74, 6) is 0.395. The van der Waals surface area contributed by atoms with Gasteiger partial charge in [-0.25, -0.2) is 9.19 Å². The van der Waals surface area contributed by atoms with Crippen LogP contribution in [0.1, 0.15) is 0 Å². The van der Waals surface area contributed by atoms with Gasteiger partial charge in [-0.05, 0) is 25.2 Å². The molecule has 0 radical (unpaired) electrons. The minimum Gasteiger partial charge on any atom is -0.430 e. The van der Waals surface area contributed by atoms with Crippen LogP contribution in [0.3, 0.4) is 0 Å². The first-order chi connectivity index (χ1) is 9.61. The molecule has 0 spiro atoms. The molecule has 0 aliphatic carbocycles. The average Bonchev–Trinajstić information content (AvgIpc) is 2.81. The highest BCUT2D eigenvalue weighted by molar-refractivity contribution is 7.84. The van der Waals surface area contributed by atoms with E-state index >= 15 is 0 Å². The van der Waals surface area contributed by atoms with Crippen LogP contribution < -0.4 is 5.73 Å². The lowest BCUT2D eigenvalue weighted by atomic mass is 10.3. The Hall–Kier alpha value is -1.44. The maximum atomic E-state index is 12.3. The predicted octanol–water partition coefficient (Wildman–Crippen LogP) is 0.848. The number of hydrogen-bond donors (Lipinski definition) is 1. The maximum Gasteiger partial charge on any atom is 0.288 e. The molecule has 7 heteroatoms. The van der Waals surface area contributed by atoms with E-state index in [1.807, 2.05) is 7.05 Å². The van der Waals surface area contributed by atoms with Crippen LogP contribution in [0.4, 0.5) is 5.69 Å². The molecular weight excluding hydrogens is 278 g/mol. The van der Waals surface area contributed by atoms with Crippen LogP contribution >= 0.6 is 0 Å². The Labute approximate surface area is 119 Å². The number of nitrogens with two attached hydrogens (primary N) is 1. The van der Waals surface area contributed by atoms with Gasteiger partial charge in [0.25, 0.3) is 5.22 Å². The molecule has 20 heavy (non-hydrogen) atoms. The standard InChI is InChI=1S/C13H17N3O3S/c1-16-4-5-18-10(7-16)8-20(17)13-15-11-6-9(14)2-3-12(11)19-13/h2-3,6,10H,4-5,7-8,14H2,1H3. The monoisotopic (exact) mass is 295 g/mol. The number of morpholine rings is 1. The van der Waals surface area contributed by atoms with Crippen molar-refractivity contribution in [1.82, 2.24) is 9.88 Å². The maximum absolute atomic E-state index is 12.3. The largest absolute Gasteiger partial charge is 0.430 e. The zero-order valence-corrected chi connectivity index (χ0v) is 12.1. The molecule has 6 nitrogen and oxygen atoms in total. The van der Waals surface area contributed by atoms with Gasteiger partial charge >= 0.3 is 0 Å². The first kappa shape index (κ1) is 13.5. The zero-order chi connectivity index (χ0) is 14.1. The van der Waals surface area contributed by atoms with Crippen LogP contribution in [0.2, 0.25) is 0 Å². The number of anilines is 1. The number of hydrogen-bond acceptors (Lipinski definition) is 6. The van der Waals surface area contributed by atoms with Crippen molar-refractivity contribution in [3.8, 4) is 0 Å². The van der Waals surface area contributed by atoms with E-state index < -0.39 is 10.8 Å². The van der Waals surface area contributed by atoms with Gasteiger partial charge in [0, 0.05) is 18.8 Å². The van der Waals surface area contributed by atoms with Crippen LogP contribution in [0, 0.1) is 0 Å². The van der Waals surface area contributed by atoms with Gasteiger partial charge in [0.15, 0.2) is 5.58 Å². The number of fused-ring (bicyclic) bond motifs is 1. The number of nitrogen functional groups attached to an aromatic ring is 1. The predicted molar refractivity (Wildman–Crippen MR) is 76.9 cm³/mol. The molecule has 0 bridgehead atoms. The van der Waals surface area contributed by atoms with Crippen molar-refractivity contribution in [2.45, 2.75) is 11.3 Å². The third-order valence-corrected chi connectivity index (χ3v) is 4.50. The van der Waals surface area contributed by atoms with E-state index in [1.165, 1.54) is 0 Å². The lowest BCUT2D eigenvalue weighted by molar-refractivity contribution is -0.00651. The molecule has 1 aliphatic heterocycles. The fourth-order valence-electron chi connectivity index (χ4n) is 2.23. The number of ether oxygens (including phenoxy) is 1. The number of benzene rings is 1. The summed E-state index contributed by atoms with van der Waals surface area (Å²) in [5, 5.41) is 0.238. The fraction of sp³-hybridized carbons (Fsp3) is 0.462. The Morgan fingerprint density at radius 1 is 1.55 bits per heavy atom. The molecule has 2 unspecified atom stereocenters. The quantitative estimate of drug-likeness (QED) is 0.845. The number of nitrogens with zero attached hydrogens (tertiary/aromatic N) is 2. The highest BCUT2D eigenvalue weighted by Gasteiger charge is 2.23. The van der Waals surface area contributed by atoms with Gasteiger partial charge in [0.05, 0.1) is 18.5 Å². The van der Waals surface area contributed by atoms with Crippen molar-refractivity contribution in [3.63, 3.8) is 0 Å². The molecule has 2 N–H and O–H groups in total. The van der Waals surface area contributed by atoms with Gasteiger partial charge in [0.1, 0.15) is 16.3 Å². The zero-order valence-electron chi connectivity index (χ0n) is 11.2. The molecule has 108 valence electrons. The first-order valence-corrected chi connectivity index (χ1v) is 7.78. The van der Waals surface area contributed by atoms with E-state index in [4.69, 9.17) is 14.9 Å². The van der Waals surface area contributed by atoms with Gasteiger partial charge in [-0.15, -0.1) is 0 Å². The summed E-state index contributed by atoms with van der Waals surface area (Å²) in [6, 6.07) is 5.19. The summed E-state index contributed by atoms with van der Waals surface area (Å²) in [5.41, 5.74) is 7.54. The summed E-state index contributed by atoms with van der Waals surface area (Å²) in [4.78, 5) is 6.41. The summed E-state index contributed by atoms with van der Waals surface area (Å²) in [6.45, 7) is 2.35. The Balaban J connectivity index is 1.75. The molecule has 2 heterocycles. The van der Waals surface area contributed by atoms with Crippen molar-refractivity contribution in [2.24, 2.45) is 0 Å². The highest BCUT2D eigenvalue weighted by Crippen LogP contribution is 2.21. The van der Waals surface area contributed by atoms with E-state index in [1.54, 1.807) is 18.2 Å². The Morgan fingerprint density at radius 2 is 2.40 bits per heavy atom. The van der Waals surface area contributed by atoms with Crippen molar-refractivity contribution in [3.05, 3.63) is 18.2 Å². The molecule has 0 saturated carbocycles. The van der Waals surface area contributed by atoms with Gasteiger partial charge in [-0.3, -0.25) is 0 Å². The Bertz CT molecular complexity index is 643. The third-order valence-electron chi connectivity index (χ3n) is 3.27. The number of likely N-dealkylation sites (N-methyl/N-ethyl adjacent to an activating group) is 1. The van der Waals surface area contributed by atoms with Gasteiger partial charge in [-0.1, -0.05) is 0 Å². The Morgan fingerprint density at radius 3 is 3.20 bits per heavy atom. The molecule has 1 saturated heterocycles. The molecule has 0 amide bonds. The SMILES string of the molecule is CN1CCOC(CS(=O)c2nc3cc(N)ccc3o2)C1. The lowest BCUT2D eigenvalue weighted by Crippen LogP contribution is -2.42. The molecule has 3 rings (SSSR count). The minimum absolute atomic E-state index is 0.0466. The van der Waals surface area contributed by atoms with E-state index in [9.17, 15) is 4.21 Å². The molecule has 1 aromatic carbocycles. The third kappa shape index (κ3) is 2.84. The van der Waals surface area contributed by atoms with Crippen molar-refractivity contribution >= 4 is 27.6 Å². The summed E-state index contributed by atoms with van der Waals surface area (Å²) in [7, 11) is 0.723.